The van der Waals surface area contributed by atoms with Crippen molar-refractivity contribution >= 4 is 27.5 Å². The Kier molecular flexibility index (Phi) is 2.52. The maximum atomic E-state index is 11.2. The summed E-state index contributed by atoms with van der Waals surface area (Å²) in [5.74, 6) is 0.0651. The lowest BCUT2D eigenvalue weighted by atomic mass is 10.2. The molecule has 0 aromatic carbocycles. The van der Waals surface area contributed by atoms with Gasteiger partial charge in [0, 0.05) is 6.92 Å². The highest BCUT2D eigenvalue weighted by Gasteiger charge is 2.22. The van der Waals surface area contributed by atoms with Crippen LogP contribution >= 0.6 is 15.9 Å². The standard InChI is InChI=1S/C9H7BrN2O3/c1-4(13)7-8(10)12-9-6(11-7)2-5(14)3-15-9/h2-3H2,1H3. The number of ether oxygens (including phenoxy) is 1. The van der Waals surface area contributed by atoms with Gasteiger partial charge in [-0.3, -0.25) is 9.59 Å². The molecule has 2 rings (SSSR count). The maximum absolute atomic E-state index is 11.2. The molecule has 0 fully saturated rings. The van der Waals surface area contributed by atoms with Crippen LogP contribution < -0.4 is 4.74 Å². The van der Waals surface area contributed by atoms with Crippen LogP contribution in [0.1, 0.15) is 23.1 Å². The number of rotatable bonds is 1. The van der Waals surface area contributed by atoms with Crippen LogP contribution in [0, 0.1) is 0 Å². The molecule has 0 N–H and O–H groups in total. The fourth-order valence-corrected chi connectivity index (χ4v) is 1.81. The third-order valence-corrected chi connectivity index (χ3v) is 2.51. The number of carbonyl (C=O) groups is 2. The molecule has 1 aromatic rings. The highest BCUT2D eigenvalue weighted by molar-refractivity contribution is 9.10. The van der Waals surface area contributed by atoms with Crippen LogP contribution in [0.5, 0.6) is 5.88 Å². The summed E-state index contributed by atoms with van der Waals surface area (Å²) in [4.78, 5) is 30.4. The summed E-state index contributed by atoms with van der Waals surface area (Å²) in [5, 5.41) is 0. The number of aromatic nitrogens is 2. The first kappa shape index (κ1) is 10.2. The van der Waals surface area contributed by atoms with E-state index in [1.165, 1.54) is 6.92 Å². The monoisotopic (exact) mass is 270 g/mol. The Balaban J connectivity index is 2.51. The zero-order valence-electron chi connectivity index (χ0n) is 7.91. The van der Waals surface area contributed by atoms with E-state index in [0.717, 1.165) is 0 Å². The lowest BCUT2D eigenvalue weighted by Crippen LogP contribution is -2.23. The summed E-state index contributed by atoms with van der Waals surface area (Å²) in [7, 11) is 0. The second-order valence-electron chi connectivity index (χ2n) is 3.18. The molecule has 0 aliphatic carbocycles. The second kappa shape index (κ2) is 3.69. The highest BCUT2D eigenvalue weighted by Crippen LogP contribution is 2.23. The van der Waals surface area contributed by atoms with Gasteiger partial charge < -0.3 is 4.74 Å². The van der Waals surface area contributed by atoms with E-state index in [1.807, 2.05) is 0 Å². The Labute approximate surface area is 94.0 Å². The van der Waals surface area contributed by atoms with Crippen LogP contribution in [-0.4, -0.2) is 28.1 Å². The number of halogens is 1. The predicted octanol–water partition coefficient (Wildman–Crippen LogP) is 0.946. The molecule has 0 spiro atoms. The number of fused-ring (bicyclic) bond motifs is 1. The molecule has 0 saturated carbocycles. The molecule has 0 amide bonds. The fraction of sp³-hybridized carbons (Fsp3) is 0.333. The van der Waals surface area contributed by atoms with Gasteiger partial charge in [0.2, 0.25) is 5.88 Å². The van der Waals surface area contributed by atoms with Crippen molar-refractivity contribution in [3.8, 4) is 5.88 Å². The number of nitrogens with zero attached hydrogens (tertiary/aromatic N) is 2. The zero-order valence-corrected chi connectivity index (χ0v) is 9.50. The molecule has 0 unspecified atom stereocenters. The average molecular weight is 271 g/mol. The van der Waals surface area contributed by atoms with Crippen molar-refractivity contribution in [2.24, 2.45) is 0 Å². The van der Waals surface area contributed by atoms with Gasteiger partial charge in [0.05, 0.1) is 6.42 Å². The fourth-order valence-electron chi connectivity index (χ4n) is 1.28. The Morgan fingerprint density at radius 1 is 1.47 bits per heavy atom. The summed E-state index contributed by atoms with van der Waals surface area (Å²) in [5.41, 5.74) is 0.659. The van der Waals surface area contributed by atoms with E-state index in [0.29, 0.717) is 16.2 Å². The minimum absolute atomic E-state index is 0.0214. The lowest BCUT2D eigenvalue weighted by Gasteiger charge is -2.15. The van der Waals surface area contributed by atoms with Crippen molar-refractivity contribution in [1.82, 2.24) is 9.97 Å². The molecule has 0 saturated heterocycles. The minimum atomic E-state index is -0.199. The van der Waals surface area contributed by atoms with E-state index in [4.69, 9.17) is 4.74 Å². The van der Waals surface area contributed by atoms with E-state index in [2.05, 4.69) is 25.9 Å². The number of Topliss-reactive ketones (excluding diaryl/α,β-unsaturated/α-hetero) is 2. The predicted molar refractivity (Wildman–Crippen MR) is 53.9 cm³/mol. The van der Waals surface area contributed by atoms with Gasteiger partial charge in [-0.05, 0) is 15.9 Å². The smallest absolute Gasteiger partial charge is 0.237 e. The Morgan fingerprint density at radius 2 is 2.20 bits per heavy atom. The summed E-state index contributed by atoms with van der Waals surface area (Å²) in [6.07, 6.45) is 0.176. The maximum Gasteiger partial charge on any atom is 0.237 e. The molecule has 2 heterocycles. The SMILES string of the molecule is CC(=O)c1nc2c(nc1Br)OCC(=O)C2. The van der Waals surface area contributed by atoms with Gasteiger partial charge in [-0.25, -0.2) is 9.97 Å². The van der Waals surface area contributed by atoms with E-state index < -0.39 is 0 Å². The third kappa shape index (κ3) is 1.90. The van der Waals surface area contributed by atoms with Crippen molar-refractivity contribution in [2.45, 2.75) is 13.3 Å². The van der Waals surface area contributed by atoms with Gasteiger partial charge in [-0.15, -0.1) is 0 Å². The largest absolute Gasteiger partial charge is 0.468 e. The first-order valence-electron chi connectivity index (χ1n) is 4.30. The third-order valence-electron chi connectivity index (χ3n) is 1.96. The highest BCUT2D eigenvalue weighted by atomic mass is 79.9. The summed E-state index contributed by atoms with van der Waals surface area (Å²) in [6, 6.07) is 0. The van der Waals surface area contributed by atoms with Gasteiger partial charge in [0.25, 0.3) is 0 Å². The molecular weight excluding hydrogens is 264 g/mol. The van der Waals surface area contributed by atoms with Gasteiger partial charge in [-0.2, -0.15) is 0 Å². The number of ketones is 2. The first-order chi connectivity index (χ1) is 7.08. The van der Waals surface area contributed by atoms with Crippen LogP contribution in [0.25, 0.3) is 0 Å². The molecular formula is C9H7BrN2O3. The minimum Gasteiger partial charge on any atom is -0.468 e. The van der Waals surface area contributed by atoms with Crippen molar-refractivity contribution in [3.05, 3.63) is 16.0 Å². The number of hydrogen-bond acceptors (Lipinski definition) is 5. The summed E-state index contributed by atoms with van der Waals surface area (Å²) < 4.78 is 5.44. The number of hydrogen-bond donors (Lipinski definition) is 0. The lowest BCUT2D eigenvalue weighted by molar-refractivity contribution is -0.121. The Morgan fingerprint density at radius 3 is 2.87 bits per heavy atom. The molecule has 15 heavy (non-hydrogen) atoms. The Hall–Kier alpha value is -1.30. The Bertz CT molecular complexity index is 459. The molecule has 1 aromatic heterocycles. The van der Waals surface area contributed by atoms with Gasteiger partial charge >= 0.3 is 0 Å². The van der Waals surface area contributed by atoms with E-state index >= 15 is 0 Å². The van der Waals surface area contributed by atoms with Crippen molar-refractivity contribution in [2.75, 3.05) is 6.61 Å². The van der Waals surface area contributed by atoms with Crippen molar-refractivity contribution < 1.29 is 14.3 Å². The van der Waals surface area contributed by atoms with E-state index in [1.54, 1.807) is 0 Å². The molecule has 0 radical (unpaired) electrons. The van der Waals surface area contributed by atoms with Crippen LogP contribution in [0.2, 0.25) is 0 Å². The molecule has 0 atom stereocenters. The van der Waals surface area contributed by atoms with E-state index in [-0.39, 0.29) is 30.3 Å². The van der Waals surface area contributed by atoms with Crippen molar-refractivity contribution in [3.63, 3.8) is 0 Å². The van der Waals surface area contributed by atoms with E-state index in [9.17, 15) is 9.59 Å². The number of carbonyl (C=O) groups excluding carboxylic acids is 2. The quantitative estimate of drug-likeness (QED) is 0.711. The molecule has 1 aliphatic heterocycles. The van der Waals surface area contributed by atoms with Gasteiger partial charge in [-0.1, -0.05) is 0 Å². The van der Waals surface area contributed by atoms with Crippen molar-refractivity contribution in [1.29, 1.82) is 0 Å². The van der Waals surface area contributed by atoms with Crippen LogP contribution in [0.4, 0.5) is 0 Å². The zero-order chi connectivity index (χ0) is 11.0. The first-order valence-corrected chi connectivity index (χ1v) is 5.09. The molecule has 1 aliphatic rings. The summed E-state index contributed by atoms with van der Waals surface area (Å²) in [6.45, 7) is 1.42. The second-order valence-corrected chi connectivity index (χ2v) is 3.93. The normalized spacial score (nSPS) is 14.4. The molecule has 0 bridgehead atoms. The topological polar surface area (TPSA) is 69.2 Å². The average Bonchev–Trinajstić information content (AvgIpc) is 2.17. The molecule has 78 valence electrons. The molecule has 5 nitrogen and oxygen atoms in total. The molecule has 6 heteroatoms. The van der Waals surface area contributed by atoms with Gasteiger partial charge in [0.1, 0.15) is 22.6 Å². The van der Waals surface area contributed by atoms with Crippen LogP contribution in [0.15, 0.2) is 4.60 Å². The van der Waals surface area contributed by atoms with Crippen LogP contribution in [-0.2, 0) is 11.2 Å². The van der Waals surface area contributed by atoms with Gasteiger partial charge in [0.15, 0.2) is 11.6 Å². The van der Waals surface area contributed by atoms with Crippen LogP contribution in [0.3, 0.4) is 0 Å². The summed E-state index contributed by atoms with van der Waals surface area (Å²) >= 11 is 3.13.